The van der Waals surface area contributed by atoms with Gasteiger partial charge in [-0.3, -0.25) is 29.2 Å². The van der Waals surface area contributed by atoms with E-state index in [1.54, 1.807) is 29.7 Å². The highest BCUT2D eigenvalue weighted by Crippen LogP contribution is 2.39. The minimum Gasteiger partial charge on any atom is -0.356 e. The Morgan fingerprint density at radius 3 is 1.70 bits per heavy atom. The molecule has 9 N–H and O–H groups in total. The number of nitrogens with one attached hydrogen (secondary N) is 6. The SMILES string of the molecule is N[C@@H]1C[C@H]1c1ccc(NC(=O)CCC(=O)NCCCNCCCNC(=O)c2ccc(NC(=O)CCCCCCC(=O)NO)cc2)cc1. The Bertz CT molecular complexity index is 1300. The van der Waals surface area contributed by atoms with Crippen LogP contribution in [-0.2, 0) is 19.2 Å². The van der Waals surface area contributed by atoms with Gasteiger partial charge in [0.1, 0.15) is 0 Å². The Labute approximate surface area is 276 Å². The number of hydrogen-bond acceptors (Lipinski definition) is 8. The topological polar surface area (TPSA) is 204 Å². The van der Waals surface area contributed by atoms with E-state index < -0.39 is 5.91 Å². The molecule has 1 saturated carbocycles. The van der Waals surface area contributed by atoms with Gasteiger partial charge in [-0.25, -0.2) is 5.48 Å². The first kappa shape index (κ1) is 37.1. The van der Waals surface area contributed by atoms with E-state index in [4.69, 9.17) is 10.9 Å². The van der Waals surface area contributed by atoms with Crippen molar-refractivity contribution in [2.45, 2.75) is 82.6 Å². The lowest BCUT2D eigenvalue weighted by Crippen LogP contribution is -2.30. The molecule has 0 heterocycles. The van der Waals surface area contributed by atoms with Gasteiger partial charge in [0.05, 0.1) is 0 Å². The number of amides is 5. The fourth-order valence-electron chi connectivity index (χ4n) is 4.94. The third kappa shape index (κ3) is 15.2. The summed E-state index contributed by atoms with van der Waals surface area (Å²) in [7, 11) is 0. The van der Waals surface area contributed by atoms with Crippen molar-refractivity contribution in [2.24, 2.45) is 5.73 Å². The molecular formula is C34H49N7O6. The van der Waals surface area contributed by atoms with E-state index >= 15 is 0 Å². The summed E-state index contributed by atoms with van der Waals surface area (Å²) in [6.45, 7) is 2.45. The number of carbonyl (C=O) groups is 5. The predicted octanol–water partition coefficient (Wildman–Crippen LogP) is 2.92. The van der Waals surface area contributed by atoms with Crippen molar-refractivity contribution in [3.05, 3.63) is 59.7 Å². The van der Waals surface area contributed by atoms with Crippen LogP contribution in [0, 0.1) is 0 Å². The van der Waals surface area contributed by atoms with Crippen molar-refractivity contribution in [3.63, 3.8) is 0 Å². The molecule has 13 heteroatoms. The summed E-state index contributed by atoms with van der Waals surface area (Å²) in [6.07, 6.45) is 6.35. The average molecular weight is 652 g/mol. The fraction of sp³-hybridized carbons (Fsp3) is 0.500. The molecule has 1 aliphatic carbocycles. The number of hydroxylamine groups is 1. The van der Waals surface area contributed by atoms with Gasteiger partial charge in [-0.1, -0.05) is 25.0 Å². The summed E-state index contributed by atoms with van der Waals surface area (Å²) in [5.74, 6) is -0.641. The van der Waals surface area contributed by atoms with Gasteiger partial charge in [0.2, 0.25) is 23.6 Å². The molecule has 256 valence electrons. The molecule has 0 bridgehead atoms. The summed E-state index contributed by atoms with van der Waals surface area (Å²) in [6, 6.07) is 14.7. The molecular weight excluding hydrogens is 602 g/mol. The highest BCUT2D eigenvalue weighted by molar-refractivity contribution is 5.96. The van der Waals surface area contributed by atoms with Crippen LogP contribution in [0.25, 0.3) is 0 Å². The van der Waals surface area contributed by atoms with Crippen LogP contribution in [0.15, 0.2) is 48.5 Å². The smallest absolute Gasteiger partial charge is 0.251 e. The van der Waals surface area contributed by atoms with E-state index in [1.807, 2.05) is 24.3 Å². The van der Waals surface area contributed by atoms with E-state index in [2.05, 4.69) is 26.6 Å². The first-order chi connectivity index (χ1) is 22.7. The lowest BCUT2D eigenvalue weighted by molar-refractivity contribution is -0.129. The summed E-state index contributed by atoms with van der Waals surface area (Å²) in [4.78, 5) is 59.8. The van der Waals surface area contributed by atoms with E-state index in [0.717, 1.165) is 32.1 Å². The highest BCUT2D eigenvalue weighted by atomic mass is 16.5. The zero-order chi connectivity index (χ0) is 33.9. The van der Waals surface area contributed by atoms with Crippen molar-refractivity contribution < 1.29 is 29.2 Å². The van der Waals surface area contributed by atoms with Gasteiger partial charge in [-0.05, 0) is 87.2 Å². The van der Waals surface area contributed by atoms with Crippen molar-refractivity contribution in [2.75, 3.05) is 36.8 Å². The molecule has 1 fully saturated rings. The second-order valence-electron chi connectivity index (χ2n) is 11.8. The first-order valence-electron chi connectivity index (χ1n) is 16.5. The predicted molar refractivity (Wildman–Crippen MR) is 180 cm³/mol. The maximum absolute atomic E-state index is 12.4. The molecule has 3 rings (SSSR count). The third-order valence-electron chi connectivity index (χ3n) is 7.82. The molecule has 0 radical (unpaired) electrons. The lowest BCUT2D eigenvalue weighted by atomic mass is 10.1. The Hall–Kier alpha value is -4.33. The summed E-state index contributed by atoms with van der Waals surface area (Å²) < 4.78 is 0. The maximum Gasteiger partial charge on any atom is 0.251 e. The normalized spacial score (nSPS) is 14.9. The van der Waals surface area contributed by atoms with Crippen LogP contribution in [-0.4, -0.2) is 67.0 Å². The Kier molecular flexibility index (Phi) is 16.4. The Balaban J connectivity index is 1.13. The van der Waals surface area contributed by atoms with Gasteiger partial charge >= 0.3 is 0 Å². The maximum atomic E-state index is 12.4. The van der Waals surface area contributed by atoms with Gasteiger partial charge in [-0.15, -0.1) is 0 Å². The number of rotatable bonds is 22. The largest absolute Gasteiger partial charge is 0.356 e. The fourth-order valence-corrected chi connectivity index (χ4v) is 4.94. The van der Waals surface area contributed by atoms with Crippen LogP contribution in [0.4, 0.5) is 11.4 Å². The Morgan fingerprint density at radius 1 is 0.617 bits per heavy atom. The van der Waals surface area contributed by atoms with Crippen LogP contribution in [0.3, 0.4) is 0 Å². The molecule has 2 atom stereocenters. The van der Waals surface area contributed by atoms with Gasteiger partial charge in [0.25, 0.3) is 5.91 Å². The van der Waals surface area contributed by atoms with Crippen molar-refractivity contribution in [3.8, 4) is 0 Å². The minimum atomic E-state index is -0.404. The zero-order valence-corrected chi connectivity index (χ0v) is 26.9. The molecule has 0 aromatic heterocycles. The molecule has 0 unspecified atom stereocenters. The van der Waals surface area contributed by atoms with Crippen LogP contribution in [0.5, 0.6) is 0 Å². The van der Waals surface area contributed by atoms with Crippen LogP contribution < -0.4 is 37.8 Å². The quantitative estimate of drug-likeness (QED) is 0.0539. The summed E-state index contributed by atoms with van der Waals surface area (Å²) in [5, 5.41) is 23.1. The molecule has 1 aliphatic rings. The van der Waals surface area contributed by atoms with E-state index in [0.29, 0.717) is 68.3 Å². The molecule has 0 saturated heterocycles. The zero-order valence-electron chi connectivity index (χ0n) is 26.9. The van der Waals surface area contributed by atoms with Gasteiger partial charge in [-0.2, -0.15) is 0 Å². The third-order valence-corrected chi connectivity index (χ3v) is 7.82. The monoisotopic (exact) mass is 651 g/mol. The number of hydrogen-bond donors (Lipinski definition) is 8. The number of unbranched alkanes of at least 4 members (excludes halogenated alkanes) is 3. The molecule has 13 nitrogen and oxygen atoms in total. The van der Waals surface area contributed by atoms with Gasteiger partial charge in [0, 0.05) is 67.7 Å². The van der Waals surface area contributed by atoms with Crippen molar-refractivity contribution >= 4 is 40.9 Å². The van der Waals surface area contributed by atoms with Gasteiger partial charge < -0.3 is 32.3 Å². The molecule has 0 aliphatic heterocycles. The highest BCUT2D eigenvalue weighted by Gasteiger charge is 2.34. The molecule has 0 spiro atoms. The van der Waals surface area contributed by atoms with E-state index in [9.17, 15) is 24.0 Å². The van der Waals surface area contributed by atoms with Crippen LogP contribution in [0.2, 0.25) is 0 Å². The number of anilines is 2. The number of nitrogens with two attached hydrogens (primary N) is 1. The first-order valence-corrected chi connectivity index (χ1v) is 16.5. The van der Waals surface area contributed by atoms with E-state index in [1.165, 1.54) is 5.56 Å². The van der Waals surface area contributed by atoms with Crippen LogP contribution in [0.1, 0.15) is 92.5 Å². The molecule has 2 aromatic rings. The van der Waals surface area contributed by atoms with Crippen molar-refractivity contribution in [1.29, 1.82) is 0 Å². The standard InChI is InChI=1S/C34H49N7O6/c35-29-23-28(29)24-9-13-26(14-10-24)40-32(44)18-17-30(42)37-21-5-19-36-20-6-22-38-34(46)25-11-15-27(16-12-25)39-31(43)7-3-1-2-4-8-33(45)41-47/h9-16,28-29,36,47H,1-8,17-23,35H2,(H,37,42)(H,38,46)(H,39,43)(H,40,44)(H,41,45)/t28-,29+/m0/s1. The number of benzene rings is 2. The summed E-state index contributed by atoms with van der Waals surface area (Å²) in [5.41, 5.74) is 10.5. The molecule has 2 aromatic carbocycles. The second kappa shape index (κ2) is 20.7. The Morgan fingerprint density at radius 2 is 1.13 bits per heavy atom. The second-order valence-corrected chi connectivity index (χ2v) is 11.8. The average Bonchev–Trinajstić information content (AvgIpc) is 3.81. The van der Waals surface area contributed by atoms with E-state index in [-0.39, 0.29) is 48.9 Å². The number of carbonyl (C=O) groups excluding carboxylic acids is 5. The molecule has 5 amide bonds. The van der Waals surface area contributed by atoms with Crippen molar-refractivity contribution in [1.82, 2.24) is 21.4 Å². The van der Waals surface area contributed by atoms with Crippen LogP contribution >= 0.6 is 0 Å². The lowest BCUT2D eigenvalue weighted by Gasteiger charge is -2.09. The minimum absolute atomic E-state index is 0.109. The summed E-state index contributed by atoms with van der Waals surface area (Å²) >= 11 is 0. The van der Waals surface area contributed by atoms with Gasteiger partial charge in [0.15, 0.2) is 0 Å². The molecule has 47 heavy (non-hydrogen) atoms.